The molecule has 0 atom stereocenters. The normalized spacial score (nSPS) is 17.5. The van der Waals surface area contributed by atoms with Gasteiger partial charge in [0.05, 0.1) is 5.69 Å². The maximum Gasteiger partial charge on any atom is 0.339 e. The lowest BCUT2D eigenvalue weighted by Gasteiger charge is -2.23. The molecule has 0 saturated carbocycles. The van der Waals surface area contributed by atoms with E-state index in [4.69, 9.17) is 0 Å². The molecule has 0 bridgehead atoms. The van der Waals surface area contributed by atoms with Crippen molar-refractivity contribution in [1.29, 1.82) is 0 Å². The second-order valence-corrected chi connectivity index (χ2v) is 6.17. The van der Waals surface area contributed by atoms with Gasteiger partial charge in [-0.2, -0.15) is 5.10 Å². The number of nitrogens with zero attached hydrogens (tertiary/aromatic N) is 3. The van der Waals surface area contributed by atoms with Crippen LogP contribution in [0.15, 0.2) is 0 Å². The fourth-order valence-electron chi connectivity index (χ4n) is 2.90. The molecule has 2 heterocycles. The topological polar surface area (TPSA) is 66.3 Å². The zero-order chi connectivity index (χ0) is 14.9. The second kappa shape index (κ2) is 5.38. The minimum atomic E-state index is -0.897. The van der Waals surface area contributed by atoms with Crippen LogP contribution in [0.3, 0.4) is 0 Å². The molecule has 20 heavy (non-hydrogen) atoms. The van der Waals surface area contributed by atoms with Crippen molar-refractivity contribution in [3.8, 4) is 0 Å². The number of rotatable bonds is 4. The summed E-state index contributed by atoms with van der Waals surface area (Å²) in [6.45, 7) is 10.0. The predicted octanol–water partition coefficient (Wildman–Crippen LogP) is 2.54. The first-order valence-corrected chi connectivity index (χ1v) is 7.26. The number of carbonyl (C=O) groups is 1. The van der Waals surface area contributed by atoms with E-state index >= 15 is 0 Å². The fourth-order valence-corrected chi connectivity index (χ4v) is 2.90. The van der Waals surface area contributed by atoms with Crippen molar-refractivity contribution < 1.29 is 9.90 Å². The van der Waals surface area contributed by atoms with E-state index in [0.717, 1.165) is 30.8 Å². The van der Waals surface area contributed by atoms with Crippen LogP contribution in [0.5, 0.6) is 0 Å². The number of anilines is 1. The van der Waals surface area contributed by atoms with Crippen LogP contribution in [0.4, 0.5) is 5.82 Å². The maximum absolute atomic E-state index is 11.7. The molecule has 0 spiro atoms. The van der Waals surface area contributed by atoms with Crippen molar-refractivity contribution in [3.63, 3.8) is 0 Å². The Morgan fingerprint density at radius 2 is 2.00 bits per heavy atom. The Morgan fingerprint density at radius 3 is 2.45 bits per heavy atom. The highest BCUT2D eigenvalue weighted by atomic mass is 16.4. The molecule has 1 aliphatic rings. The molecular formula is C15H23N3O2. The van der Waals surface area contributed by atoms with Crippen LogP contribution in [0, 0.1) is 5.41 Å². The summed E-state index contributed by atoms with van der Waals surface area (Å²) in [5.74, 6) is -0.358. The third-order valence-corrected chi connectivity index (χ3v) is 4.02. The van der Waals surface area contributed by atoms with Gasteiger partial charge in [-0.05, 0) is 30.2 Å². The van der Waals surface area contributed by atoms with E-state index in [9.17, 15) is 9.90 Å². The third kappa shape index (κ3) is 2.62. The van der Waals surface area contributed by atoms with E-state index in [2.05, 4.69) is 28.9 Å². The number of carboxylic acids is 1. The standard InChI is InChI=1S/C15H23N3O2/c1-5-10-11(6-2)16-17-13(12(10)14(19)20)18-8-7-15(3,4)9-18/h5-9H2,1-4H3,(H,19,20). The number of aromatic nitrogens is 2. The lowest BCUT2D eigenvalue weighted by Crippen LogP contribution is -2.27. The van der Waals surface area contributed by atoms with Crippen molar-refractivity contribution in [2.75, 3.05) is 18.0 Å². The molecular weight excluding hydrogens is 254 g/mol. The number of hydrogen-bond donors (Lipinski definition) is 1. The molecule has 1 saturated heterocycles. The monoisotopic (exact) mass is 277 g/mol. The van der Waals surface area contributed by atoms with Gasteiger partial charge in [-0.3, -0.25) is 0 Å². The summed E-state index contributed by atoms with van der Waals surface area (Å²) in [6, 6.07) is 0. The van der Waals surface area contributed by atoms with Gasteiger partial charge in [-0.25, -0.2) is 4.79 Å². The van der Waals surface area contributed by atoms with Crippen LogP contribution in [-0.2, 0) is 12.8 Å². The van der Waals surface area contributed by atoms with E-state index in [0.29, 0.717) is 24.2 Å². The molecule has 1 aromatic heterocycles. The van der Waals surface area contributed by atoms with Gasteiger partial charge in [0.15, 0.2) is 5.82 Å². The van der Waals surface area contributed by atoms with Gasteiger partial charge < -0.3 is 10.0 Å². The van der Waals surface area contributed by atoms with E-state index in [1.807, 2.05) is 13.8 Å². The Labute approximate surface area is 120 Å². The summed E-state index contributed by atoms with van der Waals surface area (Å²) in [7, 11) is 0. The Morgan fingerprint density at radius 1 is 1.30 bits per heavy atom. The minimum absolute atomic E-state index is 0.202. The van der Waals surface area contributed by atoms with Crippen molar-refractivity contribution in [1.82, 2.24) is 10.2 Å². The van der Waals surface area contributed by atoms with E-state index in [-0.39, 0.29) is 5.41 Å². The van der Waals surface area contributed by atoms with Crippen LogP contribution in [0.25, 0.3) is 0 Å². The Hall–Kier alpha value is -1.65. The molecule has 1 N–H and O–H groups in total. The average molecular weight is 277 g/mol. The van der Waals surface area contributed by atoms with Gasteiger partial charge in [-0.1, -0.05) is 27.7 Å². The van der Waals surface area contributed by atoms with Crippen LogP contribution >= 0.6 is 0 Å². The van der Waals surface area contributed by atoms with E-state index < -0.39 is 5.97 Å². The number of aryl methyl sites for hydroxylation is 1. The SMILES string of the molecule is CCc1nnc(N2CCC(C)(C)C2)c(C(=O)O)c1CC. The van der Waals surface area contributed by atoms with Crippen molar-refractivity contribution >= 4 is 11.8 Å². The summed E-state index contributed by atoms with van der Waals surface area (Å²) >= 11 is 0. The summed E-state index contributed by atoms with van der Waals surface area (Å²) in [5.41, 5.74) is 2.17. The first kappa shape index (κ1) is 14.8. The summed E-state index contributed by atoms with van der Waals surface area (Å²) in [5, 5.41) is 18.1. The van der Waals surface area contributed by atoms with Crippen molar-refractivity contribution in [2.24, 2.45) is 5.41 Å². The Bertz CT molecular complexity index is 526. The molecule has 1 aromatic rings. The quantitative estimate of drug-likeness (QED) is 0.916. The highest BCUT2D eigenvalue weighted by molar-refractivity contribution is 5.95. The molecule has 1 aliphatic heterocycles. The van der Waals surface area contributed by atoms with Crippen LogP contribution in [0.2, 0.25) is 0 Å². The largest absolute Gasteiger partial charge is 0.478 e. The summed E-state index contributed by atoms with van der Waals surface area (Å²) in [6.07, 6.45) is 2.43. The molecule has 2 rings (SSSR count). The lowest BCUT2D eigenvalue weighted by molar-refractivity contribution is 0.0695. The van der Waals surface area contributed by atoms with Gasteiger partial charge in [0.2, 0.25) is 0 Å². The highest BCUT2D eigenvalue weighted by Gasteiger charge is 2.33. The fraction of sp³-hybridized carbons (Fsp3) is 0.667. The first-order valence-electron chi connectivity index (χ1n) is 7.26. The molecule has 110 valence electrons. The number of carboxylic acid groups (broad SMARTS) is 1. The zero-order valence-corrected chi connectivity index (χ0v) is 12.7. The predicted molar refractivity (Wildman–Crippen MR) is 78.4 cm³/mol. The number of aromatic carboxylic acids is 1. The van der Waals surface area contributed by atoms with Gasteiger partial charge >= 0.3 is 5.97 Å². The molecule has 0 unspecified atom stereocenters. The molecule has 5 nitrogen and oxygen atoms in total. The number of hydrogen-bond acceptors (Lipinski definition) is 4. The summed E-state index contributed by atoms with van der Waals surface area (Å²) < 4.78 is 0. The van der Waals surface area contributed by atoms with Crippen LogP contribution in [0.1, 0.15) is 55.7 Å². The summed E-state index contributed by atoms with van der Waals surface area (Å²) in [4.78, 5) is 13.8. The highest BCUT2D eigenvalue weighted by Crippen LogP contribution is 2.34. The molecule has 1 fully saturated rings. The Kier molecular flexibility index (Phi) is 3.97. The molecule has 0 aliphatic carbocycles. The maximum atomic E-state index is 11.7. The van der Waals surface area contributed by atoms with E-state index in [1.165, 1.54) is 0 Å². The minimum Gasteiger partial charge on any atom is -0.478 e. The molecule has 5 heteroatoms. The van der Waals surface area contributed by atoms with Gasteiger partial charge in [0.1, 0.15) is 5.56 Å². The van der Waals surface area contributed by atoms with Gasteiger partial charge in [0, 0.05) is 13.1 Å². The van der Waals surface area contributed by atoms with Crippen LogP contribution in [-0.4, -0.2) is 34.4 Å². The average Bonchev–Trinajstić information content (AvgIpc) is 2.76. The molecule has 0 aromatic carbocycles. The smallest absolute Gasteiger partial charge is 0.339 e. The van der Waals surface area contributed by atoms with Gasteiger partial charge in [-0.15, -0.1) is 5.10 Å². The lowest BCUT2D eigenvalue weighted by atomic mass is 9.93. The molecule has 0 amide bonds. The van der Waals surface area contributed by atoms with Crippen molar-refractivity contribution in [3.05, 3.63) is 16.8 Å². The van der Waals surface area contributed by atoms with Crippen LogP contribution < -0.4 is 4.90 Å². The second-order valence-electron chi connectivity index (χ2n) is 6.17. The third-order valence-electron chi connectivity index (χ3n) is 4.02. The van der Waals surface area contributed by atoms with Gasteiger partial charge in [0.25, 0.3) is 0 Å². The van der Waals surface area contributed by atoms with E-state index in [1.54, 1.807) is 0 Å². The first-order chi connectivity index (χ1) is 9.39. The Balaban J connectivity index is 2.51. The van der Waals surface area contributed by atoms with Crippen molar-refractivity contribution in [2.45, 2.75) is 47.0 Å². The molecule has 0 radical (unpaired) electrons. The zero-order valence-electron chi connectivity index (χ0n) is 12.7.